The van der Waals surface area contributed by atoms with Gasteiger partial charge in [-0.15, -0.1) is 0 Å². The van der Waals surface area contributed by atoms with Gasteiger partial charge in [0.25, 0.3) is 0 Å². The van der Waals surface area contributed by atoms with Crippen LogP contribution in [0, 0.1) is 5.92 Å². The molecule has 0 unspecified atom stereocenters. The van der Waals surface area contributed by atoms with Gasteiger partial charge >= 0.3 is 0 Å². The Morgan fingerprint density at radius 2 is 2.03 bits per heavy atom. The molecule has 2 aromatic heterocycles. The van der Waals surface area contributed by atoms with Crippen molar-refractivity contribution in [3.63, 3.8) is 0 Å². The average molecular weight is 513 g/mol. The fourth-order valence-electron chi connectivity index (χ4n) is 5.51. The van der Waals surface area contributed by atoms with Gasteiger partial charge in [-0.2, -0.15) is 5.10 Å². The van der Waals surface area contributed by atoms with Crippen LogP contribution in [0.5, 0.6) is 0 Å². The van der Waals surface area contributed by atoms with E-state index in [1.54, 1.807) is 10.9 Å². The molecule has 1 aromatic carbocycles. The van der Waals surface area contributed by atoms with Gasteiger partial charge in [0.15, 0.2) is 0 Å². The summed E-state index contributed by atoms with van der Waals surface area (Å²) in [6.45, 7) is 5.53. The van der Waals surface area contributed by atoms with Gasteiger partial charge in [0.1, 0.15) is 12.0 Å². The highest BCUT2D eigenvalue weighted by molar-refractivity contribution is 6.34. The second kappa shape index (κ2) is 8.97. The molecule has 8 nitrogen and oxygen atoms in total. The average Bonchev–Trinajstić information content (AvgIpc) is 3.44. The summed E-state index contributed by atoms with van der Waals surface area (Å²) in [5.74, 6) is 0.589. The molecular formula is C26H30ClFN6O2. The second-order valence-electron chi connectivity index (χ2n) is 10.4. The minimum Gasteiger partial charge on any atom is -0.376 e. The molecule has 1 aliphatic carbocycles. The van der Waals surface area contributed by atoms with Crippen molar-refractivity contribution in [2.24, 2.45) is 13.0 Å². The van der Waals surface area contributed by atoms with Gasteiger partial charge in [0.05, 0.1) is 35.2 Å². The zero-order valence-corrected chi connectivity index (χ0v) is 21.2. The van der Waals surface area contributed by atoms with Gasteiger partial charge in [0.2, 0.25) is 5.91 Å². The van der Waals surface area contributed by atoms with E-state index in [-0.39, 0.29) is 24.3 Å². The summed E-state index contributed by atoms with van der Waals surface area (Å²) in [6, 6.07) is 7.83. The van der Waals surface area contributed by atoms with E-state index in [9.17, 15) is 9.18 Å². The summed E-state index contributed by atoms with van der Waals surface area (Å²) in [5, 5.41) is 9.93. The molecular weight excluding hydrogens is 483 g/mol. The Hall–Kier alpha value is -2.75. The Balaban J connectivity index is 1.15. The molecule has 4 atom stereocenters. The maximum Gasteiger partial charge on any atom is 0.229 e. The van der Waals surface area contributed by atoms with Crippen LogP contribution in [-0.2, 0) is 16.6 Å². The van der Waals surface area contributed by atoms with Crippen LogP contribution in [0.3, 0.4) is 0 Å². The first-order chi connectivity index (χ1) is 17.3. The number of amides is 1. The van der Waals surface area contributed by atoms with E-state index in [2.05, 4.69) is 31.3 Å². The van der Waals surface area contributed by atoms with Gasteiger partial charge in [0, 0.05) is 62.8 Å². The number of nitrogens with one attached hydrogen (secondary N) is 1. The van der Waals surface area contributed by atoms with E-state index in [1.165, 1.54) is 0 Å². The first kappa shape index (κ1) is 23.6. The van der Waals surface area contributed by atoms with Crippen molar-refractivity contribution in [2.45, 2.75) is 31.0 Å². The molecule has 2 aliphatic heterocycles. The van der Waals surface area contributed by atoms with E-state index in [0.717, 1.165) is 54.8 Å². The molecule has 1 N–H and O–H groups in total. The zero-order chi connectivity index (χ0) is 25.0. The second-order valence-corrected chi connectivity index (χ2v) is 10.8. The summed E-state index contributed by atoms with van der Waals surface area (Å²) in [7, 11) is 1.88. The van der Waals surface area contributed by atoms with Crippen molar-refractivity contribution in [2.75, 3.05) is 49.6 Å². The lowest BCUT2D eigenvalue weighted by Crippen LogP contribution is -2.59. The number of anilines is 2. The van der Waals surface area contributed by atoms with Gasteiger partial charge in [-0.3, -0.25) is 14.4 Å². The van der Waals surface area contributed by atoms with Crippen molar-refractivity contribution in [3.8, 4) is 0 Å². The predicted molar refractivity (Wildman–Crippen MR) is 137 cm³/mol. The molecule has 3 aromatic rings. The van der Waals surface area contributed by atoms with Gasteiger partial charge in [-0.25, -0.2) is 9.37 Å². The van der Waals surface area contributed by atoms with Crippen LogP contribution in [0.2, 0.25) is 5.02 Å². The van der Waals surface area contributed by atoms with Crippen molar-refractivity contribution in [1.82, 2.24) is 19.7 Å². The summed E-state index contributed by atoms with van der Waals surface area (Å²) >= 11 is 6.66. The highest BCUT2D eigenvalue weighted by atomic mass is 35.5. The Morgan fingerprint density at radius 1 is 1.22 bits per heavy atom. The smallest absolute Gasteiger partial charge is 0.229 e. The molecule has 2 saturated heterocycles. The third-order valence-electron chi connectivity index (χ3n) is 7.96. The number of hydrogen-bond donors (Lipinski definition) is 1. The largest absolute Gasteiger partial charge is 0.376 e. The lowest BCUT2D eigenvalue weighted by atomic mass is 9.96. The minimum absolute atomic E-state index is 0.0293. The van der Waals surface area contributed by atoms with E-state index in [0.29, 0.717) is 17.4 Å². The number of fused-ring (bicyclic) bond motifs is 1. The van der Waals surface area contributed by atoms with Crippen LogP contribution in [0.15, 0.2) is 36.7 Å². The zero-order valence-electron chi connectivity index (χ0n) is 20.5. The Bertz CT molecular complexity index is 1310. The molecule has 3 aliphatic rings. The fourth-order valence-corrected chi connectivity index (χ4v) is 5.80. The first-order valence-electron chi connectivity index (χ1n) is 12.4. The summed E-state index contributed by atoms with van der Waals surface area (Å²) < 4.78 is 21.6. The van der Waals surface area contributed by atoms with Crippen molar-refractivity contribution in [1.29, 1.82) is 0 Å². The SMILES string of the molecule is Cn1ccc([C@@H]2C[C@H]2C(=O)Nc2cc3cc(N4CCN([C@@]5(C)COC[C@H]5F)CC4)c(Cl)cc3cn2)n1. The topological polar surface area (TPSA) is 75.5 Å². The van der Waals surface area contributed by atoms with Crippen LogP contribution in [0.4, 0.5) is 15.9 Å². The summed E-state index contributed by atoms with van der Waals surface area (Å²) in [5.41, 5.74) is 1.34. The highest BCUT2D eigenvalue weighted by Gasteiger charge is 2.46. The molecule has 0 radical (unpaired) electrons. The molecule has 4 heterocycles. The van der Waals surface area contributed by atoms with Crippen LogP contribution >= 0.6 is 11.6 Å². The number of rotatable bonds is 5. The number of aryl methyl sites for hydroxylation is 1. The molecule has 6 rings (SSSR count). The summed E-state index contributed by atoms with van der Waals surface area (Å²) in [4.78, 5) is 21.7. The number of ether oxygens (including phenoxy) is 1. The number of carbonyl (C=O) groups excluding carboxylic acids is 1. The number of halogens is 2. The minimum atomic E-state index is -0.968. The van der Waals surface area contributed by atoms with E-state index in [4.69, 9.17) is 16.3 Å². The lowest BCUT2D eigenvalue weighted by molar-refractivity contribution is -0.117. The fraction of sp³-hybridized carbons (Fsp3) is 0.500. The molecule has 1 amide bonds. The van der Waals surface area contributed by atoms with Crippen LogP contribution in [-0.4, -0.2) is 76.7 Å². The number of alkyl halides is 1. The molecule has 36 heavy (non-hydrogen) atoms. The maximum atomic E-state index is 14.5. The van der Waals surface area contributed by atoms with Crippen LogP contribution in [0.25, 0.3) is 10.8 Å². The van der Waals surface area contributed by atoms with Crippen LogP contribution < -0.4 is 10.2 Å². The number of carbonyl (C=O) groups is 1. The predicted octanol–water partition coefficient (Wildman–Crippen LogP) is 3.61. The molecule has 0 spiro atoms. The van der Waals surface area contributed by atoms with Gasteiger partial charge < -0.3 is 15.0 Å². The van der Waals surface area contributed by atoms with E-state index in [1.807, 2.05) is 38.4 Å². The third kappa shape index (κ3) is 4.23. The first-order valence-corrected chi connectivity index (χ1v) is 12.8. The monoisotopic (exact) mass is 512 g/mol. The van der Waals surface area contributed by atoms with Crippen molar-refractivity contribution >= 4 is 39.8 Å². The number of nitrogens with zero attached hydrogens (tertiary/aromatic N) is 5. The van der Waals surface area contributed by atoms with Gasteiger partial charge in [-0.05, 0) is 43.0 Å². The number of benzene rings is 1. The third-order valence-corrected chi connectivity index (χ3v) is 8.26. The molecule has 10 heteroatoms. The molecule has 1 saturated carbocycles. The molecule has 190 valence electrons. The van der Waals surface area contributed by atoms with Crippen LogP contribution in [0.1, 0.15) is 25.0 Å². The quantitative estimate of drug-likeness (QED) is 0.563. The maximum absolute atomic E-state index is 14.5. The Labute approximate surface area is 214 Å². The van der Waals surface area contributed by atoms with E-state index >= 15 is 0 Å². The molecule has 3 fully saturated rings. The number of aromatic nitrogens is 3. The number of piperazine rings is 1. The van der Waals surface area contributed by atoms with Crippen molar-refractivity contribution < 1.29 is 13.9 Å². The standard InChI is InChI=1S/C26H30ClFN6O2/c1-26(15-36-14-23(26)28)34-7-5-33(6-8-34)22-10-16-11-24(29-13-17(16)9-20(22)27)30-25(35)19-12-18(19)21-3-4-32(2)31-21/h3-4,9-11,13,18-19,23H,5-8,12,14-15H2,1-2H3,(H,29,30,35)/t18-,19-,23-,26+/m1/s1. The Kier molecular flexibility index (Phi) is 5.89. The number of hydrogen-bond acceptors (Lipinski definition) is 6. The number of pyridine rings is 1. The molecule has 0 bridgehead atoms. The Morgan fingerprint density at radius 3 is 2.72 bits per heavy atom. The summed E-state index contributed by atoms with van der Waals surface area (Å²) in [6.07, 6.45) is 3.47. The van der Waals surface area contributed by atoms with Crippen molar-refractivity contribution in [3.05, 3.63) is 47.4 Å². The lowest BCUT2D eigenvalue weighted by Gasteiger charge is -2.44. The highest BCUT2D eigenvalue weighted by Crippen LogP contribution is 2.47. The van der Waals surface area contributed by atoms with Gasteiger partial charge in [-0.1, -0.05) is 11.6 Å². The normalized spacial score (nSPS) is 28.6. The van der Waals surface area contributed by atoms with E-state index < -0.39 is 11.7 Å².